The van der Waals surface area contributed by atoms with Gasteiger partial charge in [0.15, 0.2) is 0 Å². The molecule has 1 atom stereocenters. The van der Waals surface area contributed by atoms with E-state index in [0.29, 0.717) is 0 Å². The zero-order valence-corrected chi connectivity index (χ0v) is 11.1. The summed E-state index contributed by atoms with van der Waals surface area (Å²) in [4.78, 5) is 0. The van der Waals surface area contributed by atoms with E-state index in [2.05, 4.69) is 28.2 Å². The Balaban J connectivity index is 2.76. The van der Waals surface area contributed by atoms with Gasteiger partial charge in [-0.2, -0.15) is 0 Å². The van der Waals surface area contributed by atoms with Crippen LogP contribution < -0.4 is 5.32 Å². The maximum atomic E-state index is 13.2. The molecular formula is C12H14BrFN2. The van der Waals surface area contributed by atoms with E-state index in [0.717, 1.165) is 21.1 Å². The molecule has 1 N–H and O–H groups in total. The lowest BCUT2D eigenvalue weighted by Crippen LogP contribution is -2.15. The Bertz CT molecular complexity index is 533. The highest BCUT2D eigenvalue weighted by atomic mass is 79.9. The predicted octanol–water partition coefficient (Wildman–Crippen LogP) is 3.36. The molecule has 0 radical (unpaired) electrons. The minimum Gasteiger partial charge on any atom is -0.345 e. The van der Waals surface area contributed by atoms with Gasteiger partial charge in [-0.1, -0.05) is 0 Å². The van der Waals surface area contributed by atoms with Gasteiger partial charge in [-0.05, 0) is 48.1 Å². The number of aromatic nitrogens is 1. The second-order valence-corrected chi connectivity index (χ2v) is 4.72. The molecule has 1 heterocycles. The first kappa shape index (κ1) is 11.6. The molecule has 2 rings (SSSR count). The molecule has 1 aromatic carbocycles. The van der Waals surface area contributed by atoms with E-state index in [4.69, 9.17) is 0 Å². The average molecular weight is 285 g/mol. The largest absolute Gasteiger partial charge is 0.345 e. The number of aryl methyl sites for hydroxylation is 1. The number of hydrogen-bond acceptors (Lipinski definition) is 1. The normalized spacial score (nSPS) is 13.3. The van der Waals surface area contributed by atoms with Crippen molar-refractivity contribution in [2.45, 2.75) is 13.0 Å². The smallest absolute Gasteiger partial charge is 0.125 e. The van der Waals surface area contributed by atoms with E-state index >= 15 is 0 Å². The van der Waals surface area contributed by atoms with Gasteiger partial charge in [-0.3, -0.25) is 0 Å². The zero-order valence-electron chi connectivity index (χ0n) is 9.51. The SMILES string of the molecule is CNC(C)c1c(Br)c2ccc(F)cc2n1C. The molecule has 1 aromatic heterocycles. The van der Waals surface area contributed by atoms with Gasteiger partial charge >= 0.3 is 0 Å². The molecule has 0 amide bonds. The number of fused-ring (bicyclic) bond motifs is 1. The highest BCUT2D eigenvalue weighted by Gasteiger charge is 2.17. The van der Waals surface area contributed by atoms with Crippen LogP contribution in [0.3, 0.4) is 0 Å². The summed E-state index contributed by atoms with van der Waals surface area (Å²) < 4.78 is 16.2. The summed E-state index contributed by atoms with van der Waals surface area (Å²) in [5, 5.41) is 4.24. The maximum Gasteiger partial charge on any atom is 0.125 e. The molecule has 1 unspecified atom stereocenters. The quantitative estimate of drug-likeness (QED) is 0.895. The fourth-order valence-corrected chi connectivity index (χ4v) is 2.94. The highest BCUT2D eigenvalue weighted by Crippen LogP contribution is 2.34. The Morgan fingerprint density at radius 1 is 1.44 bits per heavy atom. The van der Waals surface area contributed by atoms with E-state index < -0.39 is 0 Å². The van der Waals surface area contributed by atoms with E-state index in [1.54, 1.807) is 12.1 Å². The first-order chi connectivity index (χ1) is 7.56. The lowest BCUT2D eigenvalue weighted by atomic mass is 10.2. The fourth-order valence-electron chi connectivity index (χ4n) is 2.00. The predicted molar refractivity (Wildman–Crippen MR) is 68.1 cm³/mol. The molecule has 4 heteroatoms. The summed E-state index contributed by atoms with van der Waals surface area (Å²) in [6, 6.07) is 5.07. The van der Waals surface area contributed by atoms with Crippen molar-refractivity contribution in [3.05, 3.63) is 34.2 Å². The van der Waals surface area contributed by atoms with Crippen LogP contribution in [0.2, 0.25) is 0 Å². The Hall–Kier alpha value is -0.870. The van der Waals surface area contributed by atoms with Crippen LogP contribution >= 0.6 is 15.9 Å². The zero-order chi connectivity index (χ0) is 11.9. The third-order valence-corrected chi connectivity index (χ3v) is 3.82. The van der Waals surface area contributed by atoms with Crippen LogP contribution in [0.1, 0.15) is 18.7 Å². The van der Waals surface area contributed by atoms with E-state index in [9.17, 15) is 4.39 Å². The van der Waals surface area contributed by atoms with Crippen LogP contribution in [0.15, 0.2) is 22.7 Å². The Morgan fingerprint density at radius 3 is 2.75 bits per heavy atom. The summed E-state index contributed by atoms with van der Waals surface area (Å²) in [5.74, 6) is -0.204. The van der Waals surface area contributed by atoms with E-state index in [1.807, 2.05) is 18.7 Å². The third kappa shape index (κ3) is 1.66. The third-order valence-electron chi connectivity index (χ3n) is 2.99. The van der Waals surface area contributed by atoms with E-state index in [1.165, 1.54) is 6.07 Å². The van der Waals surface area contributed by atoms with Gasteiger partial charge in [0.25, 0.3) is 0 Å². The minimum absolute atomic E-state index is 0.204. The van der Waals surface area contributed by atoms with E-state index in [-0.39, 0.29) is 11.9 Å². The second kappa shape index (κ2) is 4.18. The van der Waals surface area contributed by atoms with Crippen molar-refractivity contribution in [3.8, 4) is 0 Å². The molecule has 16 heavy (non-hydrogen) atoms. The fraction of sp³-hybridized carbons (Fsp3) is 0.333. The van der Waals surface area contributed by atoms with Crippen molar-refractivity contribution in [1.29, 1.82) is 0 Å². The monoisotopic (exact) mass is 284 g/mol. The number of nitrogens with one attached hydrogen (secondary N) is 1. The number of halogens is 2. The molecule has 0 aliphatic carbocycles. The maximum absolute atomic E-state index is 13.2. The number of nitrogens with zero attached hydrogens (tertiary/aromatic N) is 1. The van der Waals surface area contributed by atoms with Crippen LogP contribution in [0.25, 0.3) is 10.9 Å². The molecule has 0 saturated carbocycles. The Kier molecular flexibility index (Phi) is 3.04. The first-order valence-electron chi connectivity index (χ1n) is 5.17. The van der Waals surface area contributed by atoms with Gasteiger partial charge in [-0.25, -0.2) is 4.39 Å². The molecule has 0 saturated heterocycles. The molecule has 0 fully saturated rings. The lowest BCUT2D eigenvalue weighted by Gasteiger charge is -2.12. The van der Waals surface area contributed by atoms with Crippen LogP contribution in [0, 0.1) is 5.82 Å². The molecule has 0 bridgehead atoms. The minimum atomic E-state index is -0.204. The summed E-state index contributed by atoms with van der Waals surface area (Å²) >= 11 is 3.59. The highest BCUT2D eigenvalue weighted by molar-refractivity contribution is 9.10. The summed E-state index contributed by atoms with van der Waals surface area (Å²) in [6.07, 6.45) is 0. The van der Waals surface area contributed by atoms with Gasteiger partial charge < -0.3 is 9.88 Å². The summed E-state index contributed by atoms with van der Waals surface area (Å²) in [7, 11) is 3.87. The van der Waals surface area contributed by atoms with Gasteiger partial charge in [0.2, 0.25) is 0 Å². The van der Waals surface area contributed by atoms with Crippen molar-refractivity contribution >= 4 is 26.8 Å². The van der Waals surface area contributed by atoms with Gasteiger partial charge in [-0.15, -0.1) is 0 Å². The van der Waals surface area contributed by atoms with Crippen LogP contribution in [-0.2, 0) is 7.05 Å². The number of benzene rings is 1. The molecule has 0 aliphatic rings. The van der Waals surface area contributed by atoms with Crippen molar-refractivity contribution in [3.63, 3.8) is 0 Å². The summed E-state index contributed by atoms with van der Waals surface area (Å²) in [5.41, 5.74) is 2.03. The molecule has 0 aliphatic heterocycles. The van der Waals surface area contributed by atoms with Crippen molar-refractivity contribution in [2.75, 3.05) is 7.05 Å². The first-order valence-corrected chi connectivity index (χ1v) is 5.96. The molecule has 2 nitrogen and oxygen atoms in total. The molecule has 86 valence electrons. The van der Waals surface area contributed by atoms with Crippen molar-refractivity contribution in [1.82, 2.24) is 9.88 Å². The Labute approximate surface area is 103 Å². The average Bonchev–Trinajstić information content (AvgIpc) is 2.51. The topological polar surface area (TPSA) is 17.0 Å². The van der Waals surface area contributed by atoms with Crippen molar-refractivity contribution < 1.29 is 4.39 Å². The van der Waals surface area contributed by atoms with Crippen LogP contribution in [-0.4, -0.2) is 11.6 Å². The molecule has 2 aromatic rings. The van der Waals surface area contributed by atoms with Crippen molar-refractivity contribution in [2.24, 2.45) is 7.05 Å². The van der Waals surface area contributed by atoms with Gasteiger partial charge in [0.1, 0.15) is 5.82 Å². The number of rotatable bonds is 2. The summed E-state index contributed by atoms with van der Waals surface area (Å²) in [6.45, 7) is 2.08. The van der Waals surface area contributed by atoms with Crippen LogP contribution in [0.5, 0.6) is 0 Å². The second-order valence-electron chi connectivity index (χ2n) is 3.93. The number of hydrogen-bond donors (Lipinski definition) is 1. The van der Waals surface area contributed by atoms with Gasteiger partial charge in [0, 0.05) is 28.6 Å². The lowest BCUT2D eigenvalue weighted by molar-refractivity contribution is 0.605. The molecule has 0 spiro atoms. The molecular weight excluding hydrogens is 271 g/mol. The van der Waals surface area contributed by atoms with Gasteiger partial charge in [0.05, 0.1) is 5.52 Å². The van der Waals surface area contributed by atoms with Crippen LogP contribution in [0.4, 0.5) is 4.39 Å². The standard InChI is InChI=1S/C12H14BrFN2/c1-7(15-2)12-11(13)9-5-4-8(14)6-10(9)16(12)3/h4-7,15H,1-3H3. The Morgan fingerprint density at radius 2 is 2.12 bits per heavy atom.